The van der Waals surface area contributed by atoms with Gasteiger partial charge in [-0.3, -0.25) is 4.79 Å². The third-order valence-corrected chi connectivity index (χ3v) is 3.16. The molecule has 1 aromatic carbocycles. The van der Waals surface area contributed by atoms with Crippen molar-refractivity contribution in [2.75, 3.05) is 6.54 Å². The number of carbonyl (C=O) groups is 1. The van der Waals surface area contributed by atoms with Crippen molar-refractivity contribution in [1.29, 1.82) is 0 Å². The van der Waals surface area contributed by atoms with E-state index < -0.39 is 0 Å². The fourth-order valence-electron chi connectivity index (χ4n) is 1.51. The van der Waals surface area contributed by atoms with E-state index in [1.807, 2.05) is 13.8 Å². The van der Waals surface area contributed by atoms with Crippen LogP contribution >= 0.6 is 11.6 Å². The van der Waals surface area contributed by atoms with Crippen molar-refractivity contribution in [3.05, 3.63) is 34.3 Å². The van der Waals surface area contributed by atoms with Crippen LogP contribution in [-0.2, 0) is 0 Å². The van der Waals surface area contributed by atoms with Gasteiger partial charge in [-0.2, -0.15) is 0 Å². The molecule has 0 bridgehead atoms. The van der Waals surface area contributed by atoms with Crippen molar-refractivity contribution in [2.24, 2.45) is 0 Å². The molecule has 1 amide bonds. The summed E-state index contributed by atoms with van der Waals surface area (Å²) in [6, 6.07) is 5.26. The Labute approximate surface area is 107 Å². The Balaban J connectivity index is 2.56. The molecule has 0 aromatic heterocycles. The van der Waals surface area contributed by atoms with Crippen molar-refractivity contribution >= 4 is 17.5 Å². The lowest BCUT2D eigenvalue weighted by atomic mass is 10.1. The fourth-order valence-corrected chi connectivity index (χ4v) is 1.68. The predicted molar refractivity (Wildman–Crippen MR) is 69.4 cm³/mol. The van der Waals surface area contributed by atoms with Gasteiger partial charge in [-0.05, 0) is 37.5 Å². The highest BCUT2D eigenvalue weighted by Crippen LogP contribution is 2.18. The first-order chi connectivity index (χ1) is 8.06. The maximum Gasteiger partial charge on any atom is 0.251 e. The molecule has 4 heteroatoms. The molecule has 0 heterocycles. The smallest absolute Gasteiger partial charge is 0.251 e. The van der Waals surface area contributed by atoms with Gasteiger partial charge in [0.15, 0.2) is 0 Å². The number of nitrogens with one attached hydrogen (secondary N) is 1. The Bertz CT molecular complexity index is 393. The standard InChI is InChI=1S/C13H18ClNO2/c1-3-10(16)7-8-15-13(17)11-5-4-6-12(14)9(11)2/h4-6,10,16H,3,7-8H2,1-2H3,(H,15,17). The monoisotopic (exact) mass is 255 g/mol. The second-order valence-corrected chi connectivity index (χ2v) is 4.43. The van der Waals surface area contributed by atoms with E-state index in [0.29, 0.717) is 30.0 Å². The van der Waals surface area contributed by atoms with Gasteiger partial charge < -0.3 is 10.4 Å². The van der Waals surface area contributed by atoms with Crippen LogP contribution in [0.1, 0.15) is 35.7 Å². The molecule has 0 saturated heterocycles. The summed E-state index contributed by atoms with van der Waals surface area (Å²) in [5.74, 6) is -0.145. The summed E-state index contributed by atoms with van der Waals surface area (Å²) in [6.07, 6.45) is 0.921. The van der Waals surface area contributed by atoms with Crippen LogP contribution < -0.4 is 5.32 Å². The molecule has 1 aromatic rings. The Morgan fingerprint density at radius 3 is 2.88 bits per heavy atom. The van der Waals surface area contributed by atoms with Crippen LogP contribution in [0.5, 0.6) is 0 Å². The van der Waals surface area contributed by atoms with Gasteiger partial charge in [0.05, 0.1) is 6.10 Å². The maximum atomic E-state index is 11.8. The van der Waals surface area contributed by atoms with Crippen LogP contribution in [0.25, 0.3) is 0 Å². The summed E-state index contributed by atoms with van der Waals surface area (Å²) < 4.78 is 0. The second kappa shape index (κ2) is 6.62. The molecular weight excluding hydrogens is 238 g/mol. The lowest BCUT2D eigenvalue weighted by Gasteiger charge is -2.10. The van der Waals surface area contributed by atoms with E-state index in [-0.39, 0.29) is 12.0 Å². The number of halogens is 1. The predicted octanol–water partition coefficient (Wildman–Crippen LogP) is 2.54. The van der Waals surface area contributed by atoms with Gasteiger partial charge in [0.25, 0.3) is 5.91 Å². The van der Waals surface area contributed by atoms with Gasteiger partial charge >= 0.3 is 0 Å². The van der Waals surface area contributed by atoms with Crippen molar-refractivity contribution in [2.45, 2.75) is 32.8 Å². The number of rotatable bonds is 5. The van der Waals surface area contributed by atoms with E-state index in [4.69, 9.17) is 11.6 Å². The summed E-state index contributed by atoms with van der Waals surface area (Å²) in [6.45, 7) is 4.20. The normalized spacial score (nSPS) is 12.2. The molecule has 0 aliphatic carbocycles. The lowest BCUT2D eigenvalue weighted by molar-refractivity contribution is 0.0941. The van der Waals surface area contributed by atoms with Gasteiger partial charge in [0.1, 0.15) is 0 Å². The molecule has 0 saturated carbocycles. The highest BCUT2D eigenvalue weighted by Gasteiger charge is 2.10. The first-order valence-electron chi connectivity index (χ1n) is 5.77. The number of aliphatic hydroxyl groups excluding tert-OH is 1. The average Bonchev–Trinajstić information content (AvgIpc) is 2.32. The largest absolute Gasteiger partial charge is 0.393 e. The van der Waals surface area contributed by atoms with E-state index >= 15 is 0 Å². The third-order valence-electron chi connectivity index (χ3n) is 2.75. The Hall–Kier alpha value is -1.06. The zero-order chi connectivity index (χ0) is 12.8. The Morgan fingerprint density at radius 2 is 2.24 bits per heavy atom. The number of hydrogen-bond donors (Lipinski definition) is 2. The van der Waals surface area contributed by atoms with E-state index in [1.165, 1.54) is 0 Å². The van der Waals surface area contributed by atoms with Crippen LogP contribution in [0.3, 0.4) is 0 Å². The Kier molecular flexibility index (Phi) is 5.45. The SMILES string of the molecule is CCC(O)CCNC(=O)c1cccc(Cl)c1C. The minimum Gasteiger partial charge on any atom is -0.393 e. The van der Waals surface area contributed by atoms with Gasteiger partial charge in [-0.1, -0.05) is 24.6 Å². The van der Waals surface area contributed by atoms with Crippen LogP contribution in [0, 0.1) is 6.92 Å². The zero-order valence-electron chi connectivity index (χ0n) is 10.2. The van der Waals surface area contributed by atoms with Gasteiger partial charge in [0.2, 0.25) is 0 Å². The van der Waals surface area contributed by atoms with Crippen LogP contribution in [0.4, 0.5) is 0 Å². The highest BCUT2D eigenvalue weighted by molar-refractivity contribution is 6.31. The summed E-state index contributed by atoms with van der Waals surface area (Å²) in [7, 11) is 0. The summed E-state index contributed by atoms with van der Waals surface area (Å²) in [4.78, 5) is 11.8. The van der Waals surface area contributed by atoms with Gasteiger partial charge in [-0.15, -0.1) is 0 Å². The molecular formula is C13H18ClNO2. The molecule has 0 fully saturated rings. The van der Waals surface area contributed by atoms with E-state index in [2.05, 4.69) is 5.32 Å². The molecule has 17 heavy (non-hydrogen) atoms. The average molecular weight is 256 g/mol. The maximum absolute atomic E-state index is 11.8. The van der Waals surface area contributed by atoms with Gasteiger partial charge in [0, 0.05) is 17.1 Å². The Morgan fingerprint density at radius 1 is 1.53 bits per heavy atom. The molecule has 2 N–H and O–H groups in total. The van der Waals surface area contributed by atoms with Crippen molar-refractivity contribution in [3.8, 4) is 0 Å². The van der Waals surface area contributed by atoms with Crippen molar-refractivity contribution in [3.63, 3.8) is 0 Å². The van der Waals surface area contributed by atoms with E-state index in [1.54, 1.807) is 18.2 Å². The molecule has 1 unspecified atom stereocenters. The zero-order valence-corrected chi connectivity index (χ0v) is 10.9. The molecule has 1 rings (SSSR count). The van der Waals surface area contributed by atoms with Crippen LogP contribution in [-0.4, -0.2) is 23.7 Å². The molecule has 0 aliphatic rings. The van der Waals surface area contributed by atoms with Gasteiger partial charge in [-0.25, -0.2) is 0 Å². The summed E-state index contributed by atoms with van der Waals surface area (Å²) >= 11 is 5.94. The number of aliphatic hydroxyl groups is 1. The number of hydrogen-bond acceptors (Lipinski definition) is 2. The minimum absolute atomic E-state index is 0.145. The molecule has 0 spiro atoms. The van der Waals surface area contributed by atoms with E-state index in [9.17, 15) is 9.90 Å². The van der Waals surface area contributed by atoms with E-state index in [0.717, 1.165) is 5.56 Å². The molecule has 1 atom stereocenters. The fraction of sp³-hybridized carbons (Fsp3) is 0.462. The third kappa shape index (κ3) is 4.02. The number of amides is 1. The quantitative estimate of drug-likeness (QED) is 0.850. The van der Waals surface area contributed by atoms with Crippen molar-refractivity contribution in [1.82, 2.24) is 5.32 Å². The highest BCUT2D eigenvalue weighted by atomic mass is 35.5. The molecule has 3 nitrogen and oxygen atoms in total. The molecule has 0 radical (unpaired) electrons. The summed E-state index contributed by atoms with van der Waals surface area (Å²) in [5.41, 5.74) is 1.37. The van der Waals surface area contributed by atoms with Crippen LogP contribution in [0.15, 0.2) is 18.2 Å². The number of carbonyl (C=O) groups excluding carboxylic acids is 1. The molecule has 94 valence electrons. The van der Waals surface area contributed by atoms with Crippen LogP contribution in [0.2, 0.25) is 5.02 Å². The molecule has 0 aliphatic heterocycles. The first kappa shape index (κ1) is 14.0. The topological polar surface area (TPSA) is 49.3 Å². The number of benzene rings is 1. The van der Waals surface area contributed by atoms with Crippen molar-refractivity contribution < 1.29 is 9.90 Å². The summed E-state index contributed by atoms with van der Waals surface area (Å²) in [5, 5.41) is 12.7. The second-order valence-electron chi connectivity index (χ2n) is 4.02. The minimum atomic E-state index is -0.351. The lowest BCUT2D eigenvalue weighted by Crippen LogP contribution is -2.27. The first-order valence-corrected chi connectivity index (χ1v) is 6.15.